The van der Waals surface area contributed by atoms with Crippen LogP contribution in [0.25, 0.3) is 0 Å². The van der Waals surface area contributed by atoms with Crippen LogP contribution in [0.4, 0.5) is 0 Å². The van der Waals surface area contributed by atoms with Gasteiger partial charge in [-0.05, 0) is 49.9 Å². The van der Waals surface area contributed by atoms with Crippen molar-refractivity contribution in [2.24, 2.45) is 40.5 Å². The number of carbonyl (C=O) groups is 1. The number of rotatable bonds is 4. The molecule has 3 saturated carbocycles. The van der Waals surface area contributed by atoms with Gasteiger partial charge in [-0.3, -0.25) is 4.79 Å². The van der Waals surface area contributed by atoms with E-state index in [-0.39, 0.29) is 24.2 Å². The summed E-state index contributed by atoms with van der Waals surface area (Å²) in [6.45, 7) is 2.81. The molecule has 0 heterocycles. The molecule has 0 aromatic carbocycles. The molecule has 3 aliphatic carbocycles. The first-order valence-corrected chi connectivity index (χ1v) is 6.92. The molecule has 0 radical (unpaired) electrons. The zero-order valence-electron chi connectivity index (χ0n) is 10.7. The molecule has 0 aromatic rings. The first kappa shape index (κ1) is 11.8. The molecular weight excluding hydrogens is 230 g/mol. The van der Waals surface area contributed by atoms with Gasteiger partial charge in [-0.2, -0.15) is 0 Å². The Bertz CT molecular complexity index is 380. The zero-order valence-corrected chi connectivity index (χ0v) is 10.7. The van der Waals surface area contributed by atoms with Crippen LogP contribution in [0.15, 0.2) is 5.16 Å². The Morgan fingerprint density at radius 3 is 2.50 bits per heavy atom. The Kier molecular flexibility index (Phi) is 2.72. The molecule has 0 spiro atoms. The van der Waals surface area contributed by atoms with Gasteiger partial charge < -0.3 is 15.8 Å². The Labute approximate surface area is 107 Å². The van der Waals surface area contributed by atoms with Crippen molar-refractivity contribution in [3.63, 3.8) is 0 Å². The molecular formula is C13H21N3O2. The van der Waals surface area contributed by atoms with Gasteiger partial charge in [0, 0.05) is 12.5 Å². The molecule has 3 rings (SSSR count). The molecule has 5 nitrogen and oxygen atoms in total. The van der Waals surface area contributed by atoms with Gasteiger partial charge in [0.15, 0.2) is 5.84 Å². The summed E-state index contributed by atoms with van der Waals surface area (Å²) < 4.78 is 0. The summed E-state index contributed by atoms with van der Waals surface area (Å²) in [4.78, 5) is 14.2. The van der Waals surface area contributed by atoms with Gasteiger partial charge in [0.25, 0.3) is 0 Å². The highest BCUT2D eigenvalue weighted by Gasteiger charge is 2.67. The number of likely N-dealkylation sites (N-methyl/N-ethyl adjacent to an activating group) is 1. The number of hydrogen-bond acceptors (Lipinski definition) is 3. The summed E-state index contributed by atoms with van der Waals surface area (Å²) in [5, 5.41) is 11.5. The Balaban J connectivity index is 1.65. The number of nitrogens with two attached hydrogens (primary N) is 1. The lowest BCUT2D eigenvalue weighted by Crippen LogP contribution is -2.40. The molecule has 4 unspecified atom stereocenters. The number of oxime groups is 1. The minimum absolute atomic E-state index is 0.110. The summed E-state index contributed by atoms with van der Waals surface area (Å²) in [5.74, 6) is 3.47. The van der Waals surface area contributed by atoms with E-state index in [1.165, 1.54) is 19.3 Å². The number of hydrogen-bond donors (Lipinski definition) is 2. The van der Waals surface area contributed by atoms with Crippen LogP contribution in [-0.4, -0.2) is 34.9 Å². The quantitative estimate of drug-likeness (QED) is 0.337. The average molecular weight is 251 g/mol. The monoisotopic (exact) mass is 251 g/mol. The van der Waals surface area contributed by atoms with E-state index in [1.54, 1.807) is 4.90 Å². The van der Waals surface area contributed by atoms with Crippen LogP contribution < -0.4 is 5.73 Å². The van der Waals surface area contributed by atoms with Crippen LogP contribution in [0.1, 0.15) is 26.2 Å². The predicted molar refractivity (Wildman–Crippen MR) is 67.0 cm³/mol. The van der Waals surface area contributed by atoms with Crippen LogP contribution in [0, 0.1) is 29.6 Å². The van der Waals surface area contributed by atoms with E-state index in [0.717, 1.165) is 11.8 Å². The second-order valence-electron chi connectivity index (χ2n) is 5.96. The van der Waals surface area contributed by atoms with Crippen molar-refractivity contribution in [1.29, 1.82) is 0 Å². The molecule has 3 aliphatic rings. The lowest BCUT2D eigenvalue weighted by molar-refractivity contribution is -0.132. The number of fused-ring (bicyclic) bond motifs is 5. The minimum Gasteiger partial charge on any atom is -0.409 e. The molecule has 4 atom stereocenters. The van der Waals surface area contributed by atoms with Crippen LogP contribution in [0.3, 0.4) is 0 Å². The fraction of sp³-hybridized carbons (Fsp3) is 0.846. The van der Waals surface area contributed by atoms with E-state index >= 15 is 0 Å². The van der Waals surface area contributed by atoms with Crippen LogP contribution in [-0.2, 0) is 4.79 Å². The van der Waals surface area contributed by atoms with Crippen molar-refractivity contribution in [2.45, 2.75) is 26.2 Å². The summed E-state index contributed by atoms with van der Waals surface area (Å²) in [6.07, 6.45) is 4.00. The standard InChI is InChI=1S/C13H21N3O2/c1-2-16(6-9(14)15-18)13(17)12-10-7-3-4-8(5-7)11(10)12/h7-8,10-12,18H,2-6H2,1H3,(H2,14,15). The lowest BCUT2D eigenvalue weighted by atomic mass is 10.0. The number of nitrogens with zero attached hydrogens (tertiary/aromatic N) is 2. The number of amidine groups is 1. The molecule has 3 fully saturated rings. The molecule has 1 amide bonds. The third kappa shape index (κ3) is 1.60. The summed E-state index contributed by atoms with van der Waals surface area (Å²) in [7, 11) is 0. The summed E-state index contributed by atoms with van der Waals surface area (Å²) >= 11 is 0. The van der Waals surface area contributed by atoms with E-state index in [2.05, 4.69) is 5.16 Å². The van der Waals surface area contributed by atoms with E-state index in [0.29, 0.717) is 18.4 Å². The SMILES string of the molecule is CCN(CC(N)=NO)C(=O)C1C2C3CCC(C3)C12. The van der Waals surface area contributed by atoms with Crippen molar-refractivity contribution >= 4 is 11.7 Å². The van der Waals surface area contributed by atoms with E-state index in [1.807, 2.05) is 6.92 Å². The Morgan fingerprint density at radius 2 is 2.00 bits per heavy atom. The minimum atomic E-state index is 0.110. The molecule has 18 heavy (non-hydrogen) atoms. The van der Waals surface area contributed by atoms with E-state index in [4.69, 9.17) is 10.9 Å². The van der Waals surface area contributed by atoms with Crippen molar-refractivity contribution in [1.82, 2.24) is 4.90 Å². The van der Waals surface area contributed by atoms with E-state index in [9.17, 15) is 4.79 Å². The van der Waals surface area contributed by atoms with Crippen molar-refractivity contribution in [3.05, 3.63) is 0 Å². The third-order valence-electron chi connectivity index (χ3n) is 5.20. The topological polar surface area (TPSA) is 78.9 Å². The largest absolute Gasteiger partial charge is 0.409 e. The maximum atomic E-state index is 12.5. The lowest BCUT2D eigenvalue weighted by Gasteiger charge is -2.21. The van der Waals surface area contributed by atoms with Gasteiger partial charge in [0.1, 0.15) is 0 Å². The second kappa shape index (κ2) is 4.14. The number of amides is 1. The molecule has 0 aliphatic heterocycles. The summed E-state index contributed by atoms with van der Waals surface area (Å²) in [6, 6.07) is 0. The first-order chi connectivity index (χ1) is 8.67. The fourth-order valence-electron chi connectivity index (χ4n) is 4.44. The highest BCUT2D eigenvalue weighted by Crippen LogP contribution is 2.69. The second-order valence-corrected chi connectivity index (χ2v) is 5.96. The van der Waals surface area contributed by atoms with Crippen LogP contribution >= 0.6 is 0 Å². The molecule has 5 heteroatoms. The number of carbonyl (C=O) groups excluding carboxylic acids is 1. The van der Waals surface area contributed by atoms with Gasteiger partial charge >= 0.3 is 0 Å². The molecule has 0 saturated heterocycles. The highest BCUT2D eigenvalue weighted by atomic mass is 16.4. The van der Waals surface area contributed by atoms with Crippen LogP contribution in [0.2, 0.25) is 0 Å². The molecule has 0 aromatic heterocycles. The predicted octanol–water partition coefficient (Wildman–Crippen LogP) is 0.873. The third-order valence-corrected chi connectivity index (χ3v) is 5.20. The molecule has 100 valence electrons. The van der Waals surface area contributed by atoms with Crippen molar-refractivity contribution in [3.8, 4) is 0 Å². The zero-order chi connectivity index (χ0) is 12.9. The highest BCUT2D eigenvalue weighted by molar-refractivity contribution is 5.89. The smallest absolute Gasteiger partial charge is 0.226 e. The fourth-order valence-corrected chi connectivity index (χ4v) is 4.44. The van der Waals surface area contributed by atoms with Gasteiger partial charge in [-0.15, -0.1) is 0 Å². The maximum Gasteiger partial charge on any atom is 0.226 e. The Hall–Kier alpha value is -1.26. The maximum absolute atomic E-state index is 12.5. The molecule has 2 bridgehead atoms. The van der Waals surface area contributed by atoms with Crippen molar-refractivity contribution in [2.75, 3.05) is 13.1 Å². The van der Waals surface area contributed by atoms with E-state index < -0.39 is 0 Å². The van der Waals surface area contributed by atoms with Gasteiger partial charge in [-0.1, -0.05) is 5.16 Å². The van der Waals surface area contributed by atoms with Crippen LogP contribution in [0.5, 0.6) is 0 Å². The van der Waals surface area contributed by atoms with Gasteiger partial charge in [-0.25, -0.2) is 0 Å². The normalized spacial score (nSPS) is 40.7. The summed E-state index contributed by atoms with van der Waals surface area (Å²) in [5.41, 5.74) is 5.50. The Morgan fingerprint density at radius 1 is 1.39 bits per heavy atom. The van der Waals surface area contributed by atoms with Gasteiger partial charge in [0.05, 0.1) is 6.54 Å². The molecule has 3 N–H and O–H groups in total. The first-order valence-electron chi connectivity index (χ1n) is 6.92. The average Bonchev–Trinajstić information content (AvgIpc) is 2.82. The van der Waals surface area contributed by atoms with Gasteiger partial charge in [0.2, 0.25) is 5.91 Å². The van der Waals surface area contributed by atoms with Crippen molar-refractivity contribution < 1.29 is 10.0 Å².